The summed E-state index contributed by atoms with van der Waals surface area (Å²) in [6, 6.07) is 15.7. The Kier molecular flexibility index (Phi) is 8.28. The molecule has 3 rings (SSSR count). The van der Waals surface area contributed by atoms with Crippen molar-refractivity contribution in [3.8, 4) is 0 Å². The van der Waals surface area contributed by atoms with Crippen LogP contribution >= 0.6 is 0 Å². The zero-order valence-electron chi connectivity index (χ0n) is 20.6. The van der Waals surface area contributed by atoms with E-state index < -0.39 is 10.0 Å². The molecular formula is C26H34N4O3S. The van der Waals surface area contributed by atoms with Gasteiger partial charge in [0.25, 0.3) is 0 Å². The van der Waals surface area contributed by atoms with Crippen molar-refractivity contribution in [1.29, 1.82) is 0 Å². The van der Waals surface area contributed by atoms with E-state index in [1.165, 1.54) is 16.4 Å². The van der Waals surface area contributed by atoms with E-state index >= 15 is 0 Å². The molecule has 0 fully saturated rings. The lowest BCUT2D eigenvalue weighted by Gasteiger charge is -2.17. The van der Waals surface area contributed by atoms with Crippen LogP contribution in [0.2, 0.25) is 0 Å². The molecule has 0 saturated carbocycles. The second-order valence-corrected chi connectivity index (χ2v) is 11.1. The third-order valence-corrected chi connectivity index (χ3v) is 7.58. The average molecular weight is 483 g/mol. The van der Waals surface area contributed by atoms with Crippen molar-refractivity contribution in [2.45, 2.75) is 58.5 Å². The molecule has 1 aromatic heterocycles. The smallest absolute Gasteiger partial charge is 0.243 e. The van der Waals surface area contributed by atoms with E-state index in [-0.39, 0.29) is 17.3 Å². The molecule has 0 aliphatic heterocycles. The van der Waals surface area contributed by atoms with Gasteiger partial charge in [-0.15, -0.1) is 0 Å². The highest BCUT2D eigenvalue weighted by atomic mass is 32.2. The summed E-state index contributed by atoms with van der Waals surface area (Å²) in [6.07, 6.45) is 0.938. The minimum Gasteiger partial charge on any atom is -0.326 e. The molecule has 0 unspecified atom stereocenters. The van der Waals surface area contributed by atoms with Gasteiger partial charge in [-0.25, -0.2) is 8.42 Å². The Hall–Kier alpha value is -2.97. The van der Waals surface area contributed by atoms with Crippen molar-refractivity contribution in [2.24, 2.45) is 5.92 Å². The zero-order chi connectivity index (χ0) is 24.9. The number of nitrogens with zero attached hydrogens (tertiary/aromatic N) is 3. The van der Waals surface area contributed by atoms with Crippen molar-refractivity contribution >= 4 is 21.6 Å². The Labute approximate surface area is 202 Å². The number of hydrogen-bond donors (Lipinski definition) is 1. The molecule has 0 radical (unpaired) electrons. The normalized spacial score (nSPS) is 11.9. The van der Waals surface area contributed by atoms with Gasteiger partial charge in [0.15, 0.2) is 0 Å². The Morgan fingerprint density at radius 1 is 1.06 bits per heavy atom. The number of aromatic nitrogens is 2. The Morgan fingerprint density at radius 3 is 2.32 bits per heavy atom. The number of carbonyl (C=O) groups is 1. The van der Waals surface area contributed by atoms with Crippen LogP contribution in [0, 0.1) is 19.8 Å². The number of hydrogen-bond acceptors (Lipinski definition) is 4. The summed E-state index contributed by atoms with van der Waals surface area (Å²) in [5.41, 5.74) is 4.66. The maximum absolute atomic E-state index is 12.9. The van der Waals surface area contributed by atoms with Crippen molar-refractivity contribution < 1.29 is 13.2 Å². The minimum atomic E-state index is -3.63. The Balaban J connectivity index is 1.59. The Morgan fingerprint density at radius 2 is 1.71 bits per heavy atom. The van der Waals surface area contributed by atoms with Gasteiger partial charge < -0.3 is 5.32 Å². The molecule has 8 heteroatoms. The van der Waals surface area contributed by atoms with Crippen molar-refractivity contribution in [2.75, 3.05) is 12.4 Å². The van der Waals surface area contributed by atoms with Gasteiger partial charge in [-0.3, -0.25) is 9.48 Å². The van der Waals surface area contributed by atoms with Crippen molar-refractivity contribution in [1.82, 2.24) is 14.1 Å². The fourth-order valence-corrected chi connectivity index (χ4v) is 5.06. The highest BCUT2D eigenvalue weighted by Gasteiger charge is 2.21. The van der Waals surface area contributed by atoms with Crippen molar-refractivity contribution in [3.05, 3.63) is 77.1 Å². The molecule has 0 aliphatic carbocycles. The summed E-state index contributed by atoms with van der Waals surface area (Å²) in [5, 5.41) is 7.47. The summed E-state index contributed by atoms with van der Waals surface area (Å²) in [5.74, 6) is 0.381. The first-order valence-corrected chi connectivity index (χ1v) is 12.9. The monoisotopic (exact) mass is 482 g/mol. The third-order valence-electron chi connectivity index (χ3n) is 5.77. The molecule has 7 nitrogen and oxygen atoms in total. The van der Waals surface area contributed by atoms with E-state index in [4.69, 9.17) is 0 Å². The Bertz CT molecular complexity index is 1220. The SMILES string of the molecule is Cc1nn(CC(C)C)c(C)c1CCC(=O)Nc1ccc(S(=O)(=O)N(C)Cc2ccccc2)cc1. The standard InChI is InChI=1S/C26H34N4O3S/c1-19(2)17-30-21(4)25(20(3)28-30)15-16-26(31)27-23-11-13-24(14-12-23)34(32,33)29(5)18-22-9-7-6-8-10-22/h6-14,19H,15-18H2,1-5H3,(H,27,31). The second kappa shape index (κ2) is 11.0. The first-order valence-electron chi connectivity index (χ1n) is 11.5. The molecule has 3 aromatic rings. The predicted molar refractivity (Wildman–Crippen MR) is 135 cm³/mol. The third kappa shape index (κ3) is 6.33. The lowest BCUT2D eigenvalue weighted by atomic mass is 10.1. The largest absolute Gasteiger partial charge is 0.326 e. The first kappa shape index (κ1) is 25.6. The van der Waals surface area contributed by atoms with Crippen LogP contribution in [0.3, 0.4) is 0 Å². The number of sulfonamides is 1. The summed E-state index contributed by atoms with van der Waals surface area (Å²) in [7, 11) is -2.07. The second-order valence-electron chi connectivity index (χ2n) is 9.04. The number of aryl methyl sites for hydroxylation is 1. The molecule has 182 valence electrons. The molecular weight excluding hydrogens is 448 g/mol. The van der Waals surface area contributed by atoms with Crippen LogP contribution < -0.4 is 5.32 Å². The van der Waals surface area contributed by atoms with Crippen LogP contribution in [0.15, 0.2) is 59.5 Å². The molecule has 0 bridgehead atoms. The highest BCUT2D eigenvalue weighted by molar-refractivity contribution is 7.89. The number of nitrogens with one attached hydrogen (secondary N) is 1. The molecule has 0 aliphatic rings. The van der Waals surface area contributed by atoms with Crippen LogP contribution in [-0.2, 0) is 34.3 Å². The number of anilines is 1. The van der Waals surface area contributed by atoms with E-state index in [1.54, 1.807) is 19.2 Å². The van der Waals surface area contributed by atoms with Crippen LogP contribution in [0.4, 0.5) is 5.69 Å². The quantitative estimate of drug-likeness (QED) is 0.460. The maximum Gasteiger partial charge on any atom is 0.243 e. The average Bonchev–Trinajstić information content (AvgIpc) is 3.05. The molecule has 1 N–H and O–H groups in total. The minimum absolute atomic E-state index is 0.118. The number of amides is 1. The molecule has 1 amide bonds. The lowest BCUT2D eigenvalue weighted by molar-refractivity contribution is -0.116. The van der Waals surface area contributed by atoms with E-state index in [2.05, 4.69) is 24.3 Å². The van der Waals surface area contributed by atoms with E-state index in [0.717, 1.165) is 29.1 Å². The van der Waals surface area contributed by atoms with Gasteiger partial charge >= 0.3 is 0 Å². The number of rotatable bonds is 10. The van der Waals surface area contributed by atoms with E-state index in [9.17, 15) is 13.2 Å². The summed E-state index contributed by atoms with van der Waals surface area (Å²) in [6.45, 7) is 9.47. The molecule has 0 atom stereocenters. The van der Waals surface area contributed by atoms with Gasteiger partial charge in [0.1, 0.15) is 0 Å². The van der Waals surface area contributed by atoms with Gasteiger partial charge in [0.2, 0.25) is 15.9 Å². The highest BCUT2D eigenvalue weighted by Crippen LogP contribution is 2.20. The van der Waals surface area contributed by atoms with Crippen LogP contribution in [0.25, 0.3) is 0 Å². The summed E-state index contributed by atoms with van der Waals surface area (Å²) >= 11 is 0. The van der Waals surface area contributed by atoms with Gasteiger partial charge in [-0.2, -0.15) is 9.40 Å². The summed E-state index contributed by atoms with van der Waals surface area (Å²) < 4.78 is 29.1. The van der Waals surface area contributed by atoms with Crippen LogP contribution in [0.1, 0.15) is 42.8 Å². The number of benzene rings is 2. The van der Waals surface area contributed by atoms with Gasteiger partial charge in [-0.1, -0.05) is 44.2 Å². The van der Waals surface area contributed by atoms with Gasteiger partial charge in [-0.05, 0) is 61.6 Å². The number of carbonyl (C=O) groups excluding carboxylic acids is 1. The topological polar surface area (TPSA) is 84.3 Å². The fourth-order valence-electron chi connectivity index (χ4n) is 3.90. The molecule has 34 heavy (non-hydrogen) atoms. The van der Waals surface area contributed by atoms with E-state index in [0.29, 0.717) is 24.4 Å². The lowest BCUT2D eigenvalue weighted by Crippen LogP contribution is -2.26. The maximum atomic E-state index is 12.9. The van der Waals surface area contributed by atoms with Crippen molar-refractivity contribution in [3.63, 3.8) is 0 Å². The van der Waals surface area contributed by atoms with Crippen LogP contribution in [0.5, 0.6) is 0 Å². The first-order chi connectivity index (χ1) is 16.1. The zero-order valence-corrected chi connectivity index (χ0v) is 21.4. The fraction of sp³-hybridized carbons (Fsp3) is 0.385. The molecule has 0 saturated heterocycles. The predicted octanol–water partition coefficient (Wildman–Crippen LogP) is 4.55. The summed E-state index contributed by atoms with van der Waals surface area (Å²) in [4.78, 5) is 12.7. The molecule has 0 spiro atoms. The molecule has 1 heterocycles. The van der Waals surface area contributed by atoms with Gasteiger partial charge in [0.05, 0.1) is 10.6 Å². The van der Waals surface area contributed by atoms with Gasteiger partial charge in [0, 0.05) is 37.9 Å². The molecule has 2 aromatic carbocycles. The van der Waals surface area contributed by atoms with Crippen LogP contribution in [-0.4, -0.2) is 35.5 Å². The van der Waals surface area contributed by atoms with E-state index in [1.807, 2.05) is 48.9 Å².